The van der Waals surface area contributed by atoms with Gasteiger partial charge < -0.3 is 14.9 Å². The summed E-state index contributed by atoms with van der Waals surface area (Å²) >= 11 is 0. The quantitative estimate of drug-likeness (QED) is 0.428. The Bertz CT molecular complexity index is 151. The van der Waals surface area contributed by atoms with E-state index in [1.165, 1.54) is 6.92 Å². The molecule has 0 aliphatic carbocycles. The normalized spacial score (nSPS) is 12.3. The van der Waals surface area contributed by atoms with Crippen molar-refractivity contribution in [1.29, 1.82) is 0 Å². The highest BCUT2D eigenvalue weighted by atomic mass is 16.5. The van der Waals surface area contributed by atoms with Gasteiger partial charge in [-0.2, -0.15) is 0 Å². The molecule has 0 amide bonds. The number of hydrogen-bond acceptors (Lipinski definition) is 4. The van der Waals surface area contributed by atoms with Crippen LogP contribution in [0.1, 0.15) is 6.92 Å². The van der Waals surface area contributed by atoms with Crippen LogP contribution in [-0.4, -0.2) is 35.5 Å². The first-order valence-electron chi connectivity index (χ1n) is 3.21. The molecular formula is C7H12O4. The Morgan fingerprint density at radius 3 is 2.64 bits per heavy atom. The molecule has 0 bridgehead atoms. The fourth-order valence-electron chi connectivity index (χ4n) is 0.363. The van der Waals surface area contributed by atoms with Crippen LogP contribution < -0.4 is 0 Å². The van der Waals surface area contributed by atoms with E-state index in [9.17, 15) is 4.79 Å². The first kappa shape index (κ1) is 10.1. The lowest BCUT2D eigenvalue weighted by molar-refractivity contribution is -0.142. The number of hydrogen-bond donors (Lipinski definition) is 2. The van der Waals surface area contributed by atoms with E-state index in [0.29, 0.717) is 0 Å². The minimum absolute atomic E-state index is 0.00866. The lowest BCUT2D eigenvalue weighted by Crippen LogP contribution is -2.17. The predicted molar refractivity (Wildman–Crippen MR) is 38.9 cm³/mol. The Morgan fingerprint density at radius 2 is 2.27 bits per heavy atom. The maximum atomic E-state index is 10.7. The third-order valence-corrected chi connectivity index (χ3v) is 0.935. The van der Waals surface area contributed by atoms with Crippen molar-refractivity contribution in [3.05, 3.63) is 12.2 Å². The summed E-state index contributed by atoms with van der Waals surface area (Å²) in [4.78, 5) is 10.7. The summed E-state index contributed by atoms with van der Waals surface area (Å²) in [5, 5.41) is 17.1. The SMILES string of the molecule is C=C(CO)C(=O)OCC(C)O. The predicted octanol–water partition coefficient (Wildman–Crippen LogP) is -0.541. The van der Waals surface area contributed by atoms with Gasteiger partial charge in [0.05, 0.1) is 18.3 Å². The van der Waals surface area contributed by atoms with E-state index in [1.54, 1.807) is 0 Å². The maximum absolute atomic E-state index is 10.7. The van der Waals surface area contributed by atoms with Crippen LogP contribution in [0.2, 0.25) is 0 Å². The molecule has 0 aliphatic heterocycles. The Labute approximate surface area is 65.1 Å². The highest BCUT2D eigenvalue weighted by molar-refractivity contribution is 5.87. The van der Waals surface area contributed by atoms with E-state index < -0.39 is 18.7 Å². The molecule has 4 heteroatoms. The molecule has 1 atom stereocenters. The molecule has 11 heavy (non-hydrogen) atoms. The van der Waals surface area contributed by atoms with Crippen LogP contribution in [0, 0.1) is 0 Å². The second-order valence-electron chi connectivity index (χ2n) is 2.21. The Kier molecular flexibility index (Phi) is 4.49. The monoisotopic (exact) mass is 160 g/mol. The molecule has 4 nitrogen and oxygen atoms in total. The smallest absolute Gasteiger partial charge is 0.335 e. The van der Waals surface area contributed by atoms with E-state index >= 15 is 0 Å². The summed E-state index contributed by atoms with van der Waals surface area (Å²) in [6.45, 7) is 4.25. The van der Waals surface area contributed by atoms with Gasteiger partial charge in [-0.15, -0.1) is 0 Å². The average Bonchev–Trinajstić information content (AvgIpc) is 1.98. The number of carbonyl (C=O) groups is 1. The van der Waals surface area contributed by atoms with Gasteiger partial charge >= 0.3 is 5.97 Å². The first-order chi connectivity index (χ1) is 5.07. The van der Waals surface area contributed by atoms with Crippen molar-refractivity contribution in [2.24, 2.45) is 0 Å². The summed E-state index contributed by atoms with van der Waals surface area (Å²) in [5.74, 6) is -0.673. The fourth-order valence-corrected chi connectivity index (χ4v) is 0.363. The molecule has 0 aromatic rings. The number of ether oxygens (including phenoxy) is 1. The summed E-state index contributed by atoms with van der Waals surface area (Å²) in [6, 6.07) is 0. The van der Waals surface area contributed by atoms with Crippen LogP contribution in [-0.2, 0) is 9.53 Å². The highest BCUT2D eigenvalue weighted by Crippen LogP contribution is 1.93. The van der Waals surface area contributed by atoms with E-state index in [2.05, 4.69) is 11.3 Å². The van der Waals surface area contributed by atoms with E-state index in [1.807, 2.05) is 0 Å². The van der Waals surface area contributed by atoms with Gasteiger partial charge in [-0.3, -0.25) is 0 Å². The van der Waals surface area contributed by atoms with E-state index in [4.69, 9.17) is 10.2 Å². The lowest BCUT2D eigenvalue weighted by atomic mass is 10.3. The molecule has 0 rings (SSSR count). The van der Waals surface area contributed by atoms with Crippen LogP contribution in [0.15, 0.2) is 12.2 Å². The fraction of sp³-hybridized carbons (Fsp3) is 0.571. The van der Waals surface area contributed by atoms with Gasteiger partial charge in [-0.25, -0.2) is 4.79 Å². The van der Waals surface area contributed by atoms with Crippen molar-refractivity contribution >= 4 is 5.97 Å². The molecule has 0 spiro atoms. The van der Waals surface area contributed by atoms with Crippen LogP contribution >= 0.6 is 0 Å². The van der Waals surface area contributed by atoms with E-state index in [0.717, 1.165) is 0 Å². The molecule has 0 saturated heterocycles. The van der Waals surface area contributed by atoms with Crippen molar-refractivity contribution < 1.29 is 19.7 Å². The van der Waals surface area contributed by atoms with Crippen LogP contribution in [0.25, 0.3) is 0 Å². The zero-order chi connectivity index (χ0) is 8.85. The van der Waals surface area contributed by atoms with Gasteiger partial charge in [-0.05, 0) is 6.92 Å². The largest absolute Gasteiger partial charge is 0.460 e. The van der Waals surface area contributed by atoms with Crippen molar-refractivity contribution in [2.45, 2.75) is 13.0 Å². The number of aliphatic hydroxyl groups is 2. The topological polar surface area (TPSA) is 66.8 Å². The lowest BCUT2D eigenvalue weighted by Gasteiger charge is -2.06. The van der Waals surface area contributed by atoms with E-state index in [-0.39, 0.29) is 12.2 Å². The Balaban J connectivity index is 3.61. The minimum atomic E-state index is -0.689. The minimum Gasteiger partial charge on any atom is -0.460 e. The number of rotatable bonds is 4. The third kappa shape index (κ3) is 4.52. The molecule has 0 aliphatic rings. The molecule has 0 saturated carbocycles. The molecule has 1 unspecified atom stereocenters. The van der Waals surface area contributed by atoms with Gasteiger partial charge in [0.25, 0.3) is 0 Å². The van der Waals surface area contributed by atoms with Crippen LogP contribution in [0.4, 0.5) is 0 Å². The summed E-state index contributed by atoms with van der Waals surface area (Å²) in [7, 11) is 0. The second kappa shape index (κ2) is 4.87. The van der Waals surface area contributed by atoms with Crippen molar-refractivity contribution in [3.63, 3.8) is 0 Å². The van der Waals surface area contributed by atoms with Gasteiger partial charge in [0, 0.05) is 0 Å². The van der Waals surface area contributed by atoms with Crippen molar-refractivity contribution in [2.75, 3.05) is 13.2 Å². The van der Waals surface area contributed by atoms with Crippen LogP contribution in [0.5, 0.6) is 0 Å². The van der Waals surface area contributed by atoms with Gasteiger partial charge in [0.1, 0.15) is 6.61 Å². The molecule has 0 heterocycles. The van der Waals surface area contributed by atoms with Crippen molar-refractivity contribution in [3.8, 4) is 0 Å². The number of esters is 1. The molecule has 0 aromatic heterocycles. The first-order valence-corrected chi connectivity index (χ1v) is 3.21. The zero-order valence-corrected chi connectivity index (χ0v) is 6.41. The van der Waals surface area contributed by atoms with Gasteiger partial charge in [0.15, 0.2) is 0 Å². The molecular weight excluding hydrogens is 148 g/mol. The van der Waals surface area contributed by atoms with Gasteiger partial charge in [-0.1, -0.05) is 6.58 Å². The zero-order valence-electron chi connectivity index (χ0n) is 6.41. The van der Waals surface area contributed by atoms with Gasteiger partial charge in [0.2, 0.25) is 0 Å². The number of aliphatic hydroxyl groups excluding tert-OH is 2. The highest BCUT2D eigenvalue weighted by Gasteiger charge is 2.07. The van der Waals surface area contributed by atoms with Crippen molar-refractivity contribution in [1.82, 2.24) is 0 Å². The molecule has 0 fully saturated rings. The Hall–Kier alpha value is -0.870. The second-order valence-corrected chi connectivity index (χ2v) is 2.21. The maximum Gasteiger partial charge on any atom is 0.335 e. The Morgan fingerprint density at radius 1 is 1.73 bits per heavy atom. The number of carbonyl (C=O) groups excluding carboxylic acids is 1. The standard InChI is InChI=1S/C7H12O4/c1-5(3-8)7(10)11-4-6(2)9/h6,8-9H,1,3-4H2,2H3. The molecule has 0 aromatic carbocycles. The summed E-state index contributed by atoms with van der Waals surface area (Å²) in [6.07, 6.45) is -0.689. The molecule has 0 radical (unpaired) electrons. The summed E-state index contributed by atoms with van der Waals surface area (Å²) in [5.41, 5.74) is -0.00866. The third-order valence-electron chi connectivity index (χ3n) is 0.935. The van der Waals surface area contributed by atoms with Crippen LogP contribution in [0.3, 0.4) is 0 Å². The molecule has 64 valence electrons. The molecule has 2 N–H and O–H groups in total. The average molecular weight is 160 g/mol. The summed E-state index contributed by atoms with van der Waals surface area (Å²) < 4.78 is 4.51.